The van der Waals surface area contributed by atoms with Crippen LogP contribution in [0.2, 0.25) is 0 Å². The number of primary amides is 1. The highest BCUT2D eigenvalue weighted by molar-refractivity contribution is 5.98. The maximum Gasteiger partial charge on any atom is 0.404 e. The molecule has 0 bridgehead atoms. The number of pyridine rings is 2. The summed E-state index contributed by atoms with van der Waals surface area (Å²) in [4.78, 5) is 24.4. The predicted octanol–water partition coefficient (Wildman–Crippen LogP) is 3.52. The standard InChI is InChI=1S/C20H18F4N6O2/c21-13-5-12(7-26-9-13)8-27-17-6-18(28-10-16(17)19(25)31)30-14-1-3-15(4-2-14)32-29-11-20(22,23)24/h1-7,9-10,29H,8,11H2,(H2,25,31)(H2,27,28,30). The second-order valence-corrected chi connectivity index (χ2v) is 6.53. The van der Waals surface area contributed by atoms with Crippen molar-refractivity contribution >= 4 is 23.1 Å². The van der Waals surface area contributed by atoms with Crippen molar-refractivity contribution in [3.63, 3.8) is 0 Å². The highest BCUT2D eigenvalue weighted by Gasteiger charge is 2.27. The molecule has 3 rings (SSSR count). The molecule has 12 heteroatoms. The summed E-state index contributed by atoms with van der Waals surface area (Å²) in [5.41, 5.74) is 8.85. The van der Waals surface area contributed by atoms with Crippen LogP contribution in [0.15, 0.2) is 55.0 Å². The fourth-order valence-electron chi connectivity index (χ4n) is 2.57. The molecule has 0 saturated carbocycles. The Morgan fingerprint density at radius 1 is 1.09 bits per heavy atom. The minimum atomic E-state index is -4.39. The first kappa shape index (κ1) is 22.7. The van der Waals surface area contributed by atoms with Crippen molar-refractivity contribution in [3.05, 3.63) is 71.9 Å². The smallest absolute Gasteiger partial charge is 0.404 e. The summed E-state index contributed by atoms with van der Waals surface area (Å²) in [5, 5.41) is 5.99. The first-order valence-electron chi connectivity index (χ1n) is 9.16. The van der Waals surface area contributed by atoms with Crippen molar-refractivity contribution in [1.29, 1.82) is 0 Å². The van der Waals surface area contributed by atoms with Crippen LogP contribution in [0.5, 0.6) is 5.75 Å². The van der Waals surface area contributed by atoms with Crippen molar-refractivity contribution < 1.29 is 27.2 Å². The average Bonchev–Trinajstić information content (AvgIpc) is 2.73. The Morgan fingerprint density at radius 2 is 1.84 bits per heavy atom. The lowest BCUT2D eigenvalue weighted by atomic mass is 10.2. The maximum absolute atomic E-state index is 13.3. The largest absolute Gasteiger partial charge is 0.408 e. The summed E-state index contributed by atoms with van der Waals surface area (Å²) in [7, 11) is 0. The Hall–Kier alpha value is -3.93. The third kappa shape index (κ3) is 6.80. The van der Waals surface area contributed by atoms with E-state index in [0.717, 1.165) is 6.20 Å². The molecule has 168 valence electrons. The molecule has 2 heterocycles. The topological polar surface area (TPSA) is 114 Å². The van der Waals surface area contributed by atoms with Crippen molar-refractivity contribution in [3.8, 4) is 5.75 Å². The number of hydrogen-bond acceptors (Lipinski definition) is 7. The number of hydroxylamine groups is 1. The SMILES string of the molecule is NC(=O)c1cnc(Nc2ccc(ONCC(F)(F)F)cc2)cc1NCc1cncc(F)c1. The molecule has 1 aromatic carbocycles. The minimum Gasteiger partial charge on any atom is -0.408 e. The van der Waals surface area contributed by atoms with E-state index in [1.165, 1.54) is 30.6 Å². The lowest BCUT2D eigenvalue weighted by molar-refractivity contribution is -0.137. The molecule has 0 fully saturated rings. The number of alkyl halides is 3. The molecule has 0 unspecified atom stereocenters. The van der Waals surface area contributed by atoms with E-state index in [4.69, 9.17) is 10.6 Å². The summed E-state index contributed by atoms with van der Waals surface area (Å²) in [5.74, 6) is -0.643. The summed E-state index contributed by atoms with van der Waals surface area (Å²) in [6, 6.07) is 8.90. The quantitative estimate of drug-likeness (QED) is 0.291. The Balaban J connectivity index is 1.67. The van der Waals surface area contributed by atoms with Crippen LogP contribution in [0.25, 0.3) is 0 Å². The van der Waals surface area contributed by atoms with Crippen LogP contribution in [0.1, 0.15) is 15.9 Å². The van der Waals surface area contributed by atoms with Gasteiger partial charge in [0.1, 0.15) is 23.9 Å². The van der Waals surface area contributed by atoms with Gasteiger partial charge in [0.05, 0.1) is 17.4 Å². The van der Waals surface area contributed by atoms with Gasteiger partial charge in [0.2, 0.25) is 0 Å². The number of benzene rings is 1. The van der Waals surface area contributed by atoms with Gasteiger partial charge in [0, 0.05) is 30.7 Å². The van der Waals surface area contributed by atoms with E-state index < -0.39 is 24.4 Å². The molecule has 0 saturated heterocycles. The lowest BCUT2D eigenvalue weighted by Crippen LogP contribution is -2.31. The van der Waals surface area contributed by atoms with E-state index in [0.29, 0.717) is 22.8 Å². The van der Waals surface area contributed by atoms with Gasteiger partial charge in [-0.05, 0) is 35.9 Å². The first-order valence-corrected chi connectivity index (χ1v) is 9.16. The maximum atomic E-state index is 13.3. The molecule has 0 aliphatic rings. The number of aromatic nitrogens is 2. The molecule has 1 amide bonds. The van der Waals surface area contributed by atoms with E-state index in [1.807, 2.05) is 5.48 Å². The average molecular weight is 450 g/mol. The molecule has 5 N–H and O–H groups in total. The Morgan fingerprint density at radius 3 is 2.50 bits per heavy atom. The van der Waals surface area contributed by atoms with E-state index in [1.54, 1.807) is 18.2 Å². The highest BCUT2D eigenvalue weighted by atomic mass is 19.4. The second-order valence-electron chi connectivity index (χ2n) is 6.53. The van der Waals surface area contributed by atoms with Gasteiger partial charge in [-0.2, -0.15) is 13.2 Å². The predicted molar refractivity (Wildman–Crippen MR) is 109 cm³/mol. The van der Waals surface area contributed by atoms with Gasteiger partial charge in [-0.15, -0.1) is 5.48 Å². The van der Waals surface area contributed by atoms with Gasteiger partial charge < -0.3 is 21.2 Å². The normalized spacial score (nSPS) is 11.1. The first-order chi connectivity index (χ1) is 15.2. The number of nitrogens with two attached hydrogens (primary N) is 1. The van der Waals surface area contributed by atoms with Gasteiger partial charge in [0.15, 0.2) is 0 Å². The third-order valence-corrected chi connectivity index (χ3v) is 4.00. The molecule has 32 heavy (non-hydrogen) atoms. The molecule has 0 radical (unpaired) electrons. The fourth-order valence-corrected chi connectivity index (χ4v) is 2.57. The van der Waals surface area contributed by atoms with Gasteiger partial charge in [0.25, 0.3) is 5.91 Å². The molecular weight excluding hydrogens is 432 g/mol. The van der Waals surface area contributed by atoms with Crippen LogP contribution in [0.3, 0.4) is 0 Å². The highest BCUT2D eigenvalue weighted by Crippen LogP contribution is 2.23. The van der Waals surface area contributed by atoms with Crippen LogP contribution < -0.4 is 26.7 Å². The minimum absolute atomic E-state index is 0.138. The number of rotatable bonds is 9. The van der Waals surface area contributed by atoms with E-state index in [-0.39, 0.29) is 17.9 Å². The summed E-state index contributed by atoms with van der Waals surface area (Å²) in [6.45, 7) is -1.10. The number of carbonyl (C=O) groups is 1. The number of nitrogens with zero attached hydrogens (tertiary/aromatic N) is 2. The van der Waals surface area contributed by atoms with Crippen LogP contribution >= 0.6 is 0 Å². The molecule has 8 nitrogen and oxygen atoms in total. The Labute approximate surface area is 179 Å². The molecule has 0 atom stereocenters. The van der Waals surface area contributed by atoms with E-state index in [9.17, 15) is 22.4 Å². The van der Waals surface area contributed by atoms with Crippen LogP contribution in [-0.4, -0.2) is 28.6 Å². The molecule has 3 aromatic rings. The number of hydrogen-bond donors (Lipinski definition) is 4. The Bertz CT molecular complexity index is 1080. The number of carbonyl (C=O) groups excluding carboxylic acids is 1. The van der Waals surface area contributed by atoms with Crippen LogP contribution in [0.4, 0.5) is 34.8 Å². The van der Waals surface area contributed by atoms with Crippen molar-refractivity contribution in [2.24, 2.45) is 5.73 Å². The van der Waals surface area contributed by atoms with Gasteiger partial charge in [-0.3, -0.25) is 9.78 Å². The van der Waals surface area contributed by atoms with Crippen LogP contribution in [-0.2, 0) is 6.54 Å². The van der Waals surface area contributed by atoms with Crippen molar-refractivity contribution in [1.82, 2.24) is 15.4 Å². The van der Waals surface area contributed by atoms with Crippen molar-refractivity contribution in [2.75, 3.05) is 17.2 Å². The summed E-state index contributed by atoms with van der Waals surface area (Å²) < 4.78 is 49.7. The monoisotopic (exact) mass is 450 g/mol. The molecule has 0 aliphatic heterocycles. The number of anilines is 3. The molecule has 0 spiro atoms. The summed E-state index contributed by atoms with van der Waals surface area (Å²) in [6.07, 6.45) is -0.542. The van der Waals surface area contributed by atoms with E-state index in [2.05, 4.69) is 20.6 Å². The van der Waals surface area contributed by atoms with Gasteiger partial charge in [-0.1, -0.05) is 0 Å². The number of nitrogens with one attached hydrogen (secondary N) is 3. The molecule has 0 aliphatic carbocycles. The number of amides is 1. The Kier molecular flexibility index (Phi) is 7.05. The fraction of sp³-hybridized carbons (Fsp3) is 0.150. The third-order valence-electron chi connectivity index (χ3n) is 4.00. The molecular formula is C20H18F4N6O2. The zero-order valence-corrected chi connectivity index (χ0v) is 16.4. The molecule has 2 aromatic heterocycles. The van der Waals surface area contributed by atoms with Crippen LogP contribution in [0, 0.1) is 5.82 Å². The van der Waals surface area contributed by atoms with Gasteiger partial charge >= 0.3 is 6.18 Å². The number of halogens is 4. The second kappa shape index (κ2) is 9.92. The van der Waals surface area contributed by atoms with Gasteiger partial charge in [-0.25, -0.2) is 9.37 Å². The summed E-state index contributed by atoms with van der Waals surface area (Å²) >= 11 is 0. The zero-order chi connectivity index (χ0) is 23.1. The lowest BCUT2D eigenvalue weighted by Gasteiger charge is -2.13. The van der Waals surface area contributed by atoms with E-state index >= 15 is 0 Å². The zero-order valence-electron chi connectivity index (χ0n) is 16.4. The van der Waals surface area contributed by atoms with Crippen molar-refractivity contribution in [2.45, 2.75) is 12.7 Å².